The number of benzene rings is 1. The number of carboxylic acids is 1. The van der Waals surface area contributed by atoms with Gasteiger partial charge in [0.25, 0.3) is 0 Å². The highest BCUT2D eigenvalue weighted by molar-refractivity contribution is 6.30. The third-order valence-electron chi connectivity index (χ3n) is 3.23. The number of carboxylic acid groups (broad SMARTS) is 1. The van der Waals surface area contributed by atoms with Crippen molar-refractivity contribution in [2.45, 2.75) is 13.0 Å². The molecule has 0 aliphatic carbocycles. The second kappa shape index (κ2) is 6.78. The molecule has 2 N–H and O–H groups in total. The molecule has 2 amide bonds. The highest BCUT2D eigenvalue weighted by atomic mass is 35.5. The lowest BCUT2D eigenvalue weighted by Crippen LogP contribution is -2.34. The van der Waals surface area contributed by atoms with Gasteiger partial charge in [-0.2, -0.15) is 8.78 Å². The molecule has 1 aliphatic rings. The van der Waals surface area contributed by atoms with Gasteiger partial charge in [-0.25, -0.2) is 4.79 Å². The number of amides is 2. The summed E-state index contributed by atoms with van der Waals surface area (Å²) in [4.78, 5) is 24.2. The molecule has 120 valence electrons. The first-order valence-corrected chi connectivity index (χ1v) is 6.77. The molecule has 0 bridgehead atoms. The molecule has 0 aromatic heterocycles. The van der Waals surface area contributed by atoms with Gasteiger partial charge >= 0.3 is 18.6 Å². The van der Waals surface area contributed by atoms with E-state index in [9.17, 15) is 18.4 Å². The second-order valence-electron chi connectivity index (χ2n) is 4.72. The number of urea groups is 1. The van der Waals surface area contributed by atoms with Gasteiger partial charge in [0, 0.05) is 24.2 Å². The zero-order valence-electron chi connectivity index (χ0n) is 11.3. The second-order valence-corrected chi connectivity index (χ2v) is 5.16. The Hall–Kier alpha value is -2.09. The maximum absolute atomic E-state index is 12.4. The van der Waals surface area contributed by atoms with E-state index in [4.69, 9.17) is 16.7 Å². The van der Waals surface area contributed by atoms with Gasteiger partial charge < -0.3 is 20.1 Å². The van der Waals surface area contributed by atoms with Crippen LogP contribution < -0.4 is 10.1 Å². The molecule has 1 heterocycles. The Morgan fingerprint density at radius 2 is 2.18 bits per heavy atom. The van der Waals surface area contributed by atoms with Crippen molar-refractivity contribution < 1.29 is 28.2 Å². The molecule has 6 nitrogen and oxygen atoms in total. The quantitative estimate of drug-likeness (QED) is 0.887. The van der Waals surface area contributed by atoms with Crippen molar-refractivity contribution in [1.82, 2.24) is 4.90 Å². The van der Waals surface area contributed by atoms with Crippen molar-refractivity contribution in [2.75, 3.05) is 18.4 Å². The molecular weight excluding hydrogens is 322 g/mol. The maximum atomic E-state index is 12.4. The Bertz CT molecular complexity index is 585. The molecule has 1 unspecified atom stereocenters. The number of halogens is 3. The molecule has 22 heavy (non-hydrogen) atoms. The van der Waals surface area contributed by atoms with Gasteiger partial charge in [-0.3, -0.25) is 4.79 Å². The van der Waals surface area contributed by atoms with Crippen LogP contribution in [0.4, 0.5) is 19.3 Å². The van der Waals surface area contributed by atoms with Crippen LogP contribution in [0.2, 0.25) is 5.02 Å². The third kappa shape index (κ3) is 3.97. The van der Waals surface area contributed by atoms with E-state index in [1.54, 1.807) is 0 Å². The fraction of sp³-hybridized carbons (Fsp3) is 0.385. The zero-order chi connectivity index (χ0) is 16.3. The first-order chi connectivity index (χ1) is 10.4. The molecule has 2 rings (SSSR count). The van der Waals surface area contributed by atoms with Crippen molar-refractivity contribution in [3.8, 4) is 5.75 Å². The highest BCUT2D eigenvalue weighted by Gasteiger charge is 2.31. The summed E-state index contributed by atoms with van der Waals surface area (Å²) in [6.45, 7) is -2.71. The smallest absolute Gasteiger partial charge is 0.387 e. The number of likely N-dealkylation sites (tertiary alicyclic amines) is 1. The van der Waals surface area contributed by atoms with Gasteiger partial charge in [0.2, 0.25) is 0 Å². The van der Waals surface area contributed by atoms with Crippen LogP contribution in [-0.4, -0.2) is 41.7 Å². The molecule has 9 heteroatoms. The third-order valence-corrected chi connectivity index (χ3v) is 3.46. The van der Waals surface area contributed by atoms with E-state index in [0.29, 0.717) is 6.42 Å². The zero-order valence-corrected chi connectivity index (χ0v) is 12.0. The SMILES string of the molecule is O=C(O)C1CCN(C(=O)Nc2ccc(Cl)cc2OC(F)F)C1. The average molecular weight is 335 g/mol. The highest BCUT2D eigenvalue weighted by Crippen LogP contribution is 2.30. The predicted octanol–water partition coefficient (Wildman–Crippen LogP) is 2.88. The molecule has 0 radical (unpaired) electrons. The first kappa shape index (κ1) is 16.3. The number of rotatable bonds is 4. The maximum Gasteiger partial charge on any atom is 0.387 e. The number of alkyl halides is 2. The van der Waals surface area contributed by atoms with E-state index in [1.807, 2.05) is 0 Å². The number of carbonyl (C=O) groups excluding carboxylic acids is 1. The van der Waals surface area contributed by atoms with E-state index in [-0.39, 0.29) is 29.5 Å². The lowest BCUT2D eigenvalue weighted by Gasteiger charge is -2.18. The van der Waals surface area contributed by atoms with E-state index in [2.05, 4.69) is 10.1 Å². The minimum absolute atomic E-state index is 0.0356. The van der Waals surface area contributed by atoms with E-state index < -0.39 is 24.5 Å². The number of ether oxygens (including phenoxy) is 1. The standard InChI is InChI=1S/C13H13ClF2N2O4/c14-8-1-2-9(10(5-8)22-12(15)16)17-13(21)18-4-3-7(6-18)11(19)20/h1-2,5,7,12H,3-4,6H2,(H,17,21)(H,19,20). The Morgan fingerprint density at radius 3 is 2.77 bits per heavy atom. The number of carbonyl (C=O) groups is 2. The Kier molecular flexibility index (Phi) is 5.02. The minimum Gasteiger partial charge on any atom is -0.481 e. The molecular formula is C13H13ClF2N2O4. The Labute approximate surface area is 129 Å². The fourth-order valence-corrected chi connectivity index (χ4v) is 2.30. The van der Waals surface area contributed by atoms with Crippen LogP contribution in [0.1, 0.15) is 6.42 Å². The largest absolute Gasteiger partial charge is 0.481 e. The summed E-state index contributed by atoms with van der Waals surface area (Å²) >= 11 is 5.70. The first-order valence-electron chi connectivity index (χ1n) is 6.40. The van der Waals surface area contributed by atoms with Gasteiger partial charge in [-0.15, -0.1) is 0 Å². The van der Waals surface area contributed by atoms with Crippen LogP contribution in [0.5, 0.6) is 5.75 Å². The summed E-state index contributed by atoms with van der Waals surface area (Å²) in [5.74, 6) is -1.85. The van der Waals surface area contributed by atoms with Crippen molar-refractivity contribution in [1.29, 1.82) is 0 Å². The van der Waals surface area contributed by atoms with Crippen LogP contribution in [0.25, 0.3) is 0 Å². The van der Waals surface area contributed by atoms with Crippen LogP contribution in [0.3, 0.4) is 0 Å². The number of nitrogens with zero attached hydrogens (tertiary/aromatic N) is 1. The van der Waals surface area contributed by atoms with Crippen LogP contribution >= 0.6 is 11.6 Å². The summed E-state index contributed by atoms with van der Waals surface area (Å²) < 4.78 is 29.0. The number of anilines is 1. The van der Waals surface area contributed by atoms with Crippen molar-refractivity contribution in [2.24, 2.45) is 5.92 Å². The molecule has 1 saturated heterocycles. The van der Waals surface area contributed by atoms with Crippen LogP contribution in [0, 0.1) is 5.92 Å². The summed E-state index contributed by atoms with van der Waals surface area (Å²) in [7, 11) is 0. The van der Waals surface area contributed by atoms with Crippen molar-refractivity contribution in [3.05, 3.63) is 23.2 Å². The van der Waals surface area contributed by atoms with Crippen LogP contribution in [-0.2, 0) is 4.79 Å². The molecule has 1 aromatic rings. The van der Waals surface area contributed by atoms with E-state index in [0.717, 1.165) is 6.07 Å². The molecule has 0 spiro atoms. The fourth-order valence-electron chi connectivity index (χ4n) is 2.13. The molecule has 1 aromatic carbocycles. The van der Waals surface area contributed by atoms with Crippen molar-refractivity contribution in [3.63, 3.8) is 0 Å². The van der Waals surface area contributed by atoms with E-state index >= 15 is 0 Å². The number of aliphatic carboxylic acids is 1. The Balaban J connectivity index is 2.07. The lowest BCUT2D eigenvalue weighted by atomic mass is 10.1. The summed E-state index contributed by atoms with van der Waals surface area (Å²) in [5.41, 5.74) is 0.0356. The molecule has 0 saturated carbocycles. The van der Waals surface area contributed by atoms with Gasteiger partial charge in [-0.05, 0) is 18.6 Å². The van der Waals surface area contributed by atoms with Gasteiger partial charge in [0.05, 0.1) is 11.6 Å². The normalized spacial score (nSPS) is 17.6. The van der Waals surface area contributed by atoms with Crippen LogP contribution in [0.15, 0.2) is 18.2 Å². The van der Waals surface area contributed by atoms with E-state index in [1.165, 1.54) is 17.0 Å². The Morgan fingerprint density at radius 1 is 1.45 bits per heavy atom. The lowest BCUT2D eigenvalue weighted by molar-refractivity contribution is -0.141. The van der Waals surface area contributed by atoms with Gasteiger partial charge in [0.15, 0.2) is 5.75 Å². The molecule has 1 atom stereocenters. The number of nitrogens with one attached hydrogen (secondary N) is 1. The number of hydrogen-bond acceptors (Lipinski definition) is 3. The monoisotopic (exact) mass is 334 g/mol. The van der Waals surface area contributed by atoms with Gasteiger partial charge in [-0.1, -0.05) is 11.6 Å². The summed E-state index contributed by atoms with van der Waals surface area (Å²) in [5, 5.41) is 11.5. The minimum atomic E-state index is -3.06. The molecule has 1 aliphatic heterocycles. The molecule has 1 fully saturated rings. The van der Waals surface area contributed by atoms with Crippen molar-refractivity contribution >= 4 is 29.3 Å². The number of hydrogen-bond donors (Lipinski definition) is 2. The summed E-state index contributed by atoms with van der Waals surface area (Å²) in [6, 6.07) is 3.33. The summed E-state index contributed by atoms with van der Waals surface area (Å²) in [6.07, 6.45) is 0.351. The topological polar surface area (TPSA) is 78.9 Å². The van der Waals surface area contributed by atoms with Gasteiger partial charge in [0.1, 0.15) is 0 Å². The average Bonchev–Trinajstić information content (AvgIpc) is 2.91. The predicted molar refractivity (Wildman–Crippen MR) is 74.4 cm³/mol.